The van der Waals surface area contributed by atoms with Crippen molar-refractivity contribution in [3.63, 3.8) is 0 Å². The number of carbonyl (C=O) groups excluding carboxylic acids is 1. The van der Waals surface area contributed by atoms with E-state index < -0.39 is 5.82 Å². The molecule has 2 nitrogen and oxygen atoms in total. The van der Waals surface area contributed by atoms with Crippen molar-refractivity contribution < 1.29 is 9.18 Å². The summed E-state index contributed by atoms with van der Waals surface area (Å²) >= 11 is 3.21. The molecule has 1 aromatic rings. The van der Waals surface area contributed by atoms with Crippen molar-refractivity contribution in [2.45, 2.75) is 6.92 Å². The molecule has 76 valence electrons. The Balaban J connectivity index is 3.06. The van der Waals surface area contributed by atoms with Crippen LogP contribution in [0.4, 0.5) is 4.39 Å². The molecule has 1 amide bonds. The van der Waals surface area contributed by atoms with Gasteiger partial charge in [0.25, 0.3) is 5.91 Å². The first-order chi connectivity index (χ1) is 6.56. The third-order valence-electron chi connectivity index (χ3n) is 1.98. The van der Waals surface area contributed by atoms with Crippen LogP contribution in [0, 0.1) is 5.82 Å². The normalized spacial score (nSPS) is 10.0. The van der Waals surface area contributed by atoms with Gasteiger partial charge in [-0.3, -0.25) is 4.79 Å². The smallest absolute Gasteiger partial charge is 0.254 e. The molecule has 0 N–H and O–H groups in total. The summed E-state index contributed by atoms with van der Waals surface area (Å²) < 4.78 is 13.5. The molecule has 0 radical (unpaired) electrons. The average molecular weight is 260 g/mol. The fraction of sp³-hybridized carbons (Fsp3) is 0.300. The highest BCUT2D eigenvalue weighted by molar-refractivity contribution is 9.10. The molecule has 14 heavy (non-hydrogen) atoms. The van der Waals surface area contributed by atoms with Crippen molar-refractivity contribution in [3.8, 4) is 0 Å². The van der Waals surface area contributed by atoms with Crippen LogP contribution in [0.1, 0.15) is 17.3 Å². The van der Waals surface area contributed by atoms with Crippen molar-refractivity contribution in [1.29, 1.82) is 0 Å². The van der Waals surface area contributed by atoms with Crippen molar-refractivity contribution >= 4 is 21.8 Å². The highest BCUT2D eigenvalue weighted by Crippen LogP contribution is 2.19. The molecule has 0 heterocycles. The SMILES string of the molecule is CCN(C)C(=O)c1cc(F)ccc1Br. The van der Waals surface area contributed by atoms with Gasteiger partial charge in [-0.2, -0.15) is 0 Å². The van der Waals surface area contributed by atoms with E-state index in [2.05, 4.69) is 15.9 Å². The molecule has 0 spiro atoms. The quantitative estimate of drug-likeness (QED) is 0.800. The molecule has 0 saturated carbocycles. The summed E-state index contributed by atoms with van der Waals surface area (Å²) in [6.07, 6.45) is 0. The number of carbonyl (C=O) groups is 1. The summed E-state index contributed by atoms with van der Waals surface area (Å²) in [5.41, 5.74) is 0.356. The summed E-state index contributed by atoms with van der Waals surface area (Å²) in [6.45, 7) is 2.47. The number of hydrogen-bond donors (Lipinski definition) is 0. The van der Waals surface area contributed by atoms with E-state index in [4.69, 9.17) is 0 Å². The van der Waals surface area contributed by atoms with Gasteiger partial charge in [0.15, 0.2) is 0 Å². The lowest BCUT2D eigenvalue weighted by molar-refractivity contribution is 0.0801. The molecule has 0 aliphatic carbocycles. The zero-order valence-corrected chi connectivity index (χ0v) is 9.64. The molecule has 0 unspecified atom stereocenters. The molecule has 0 atom stereocenters. The Hall–Kier alpha value is -0.900. The van der Waals surface area contributed by atoms with E-state index in [1.807, 2.05) is 6.92 Å². The first-order valence-corrected chi connectivity index (χ1v) is 5.06. The number of rotatable bonds is 2. The third kappa shape index (κ3) is 2.32. The predicted octanol–water partition coefficient (Wildman–Crippen LogP) is 2.68. The van der Waals surface area contributed by atoms with Crippen molar-refractivity contribution in [2.24, 2.45) is 0 Å². The van der Waals surface area contributed by atoms with E-state index in [9.17, 15) is 9.18 Å². The Morgan fingerprint density at radius 1 is 1.57 bits per heavy atom. The summed E-state index contributed by atoms with van der Waals surface area (Å²) in [4.78, 5) is 13.2. The number of amides is 1. The minimum Gasteiger partial charge on any atom is -0.342 e. The minimum atomic E-state index is -0.402. The minimum absolute atomic E-state index is 0.182. The second-order valence-electron chi connectivity index (χ2n) is 2.94. The maximum absolute atomic E-state index is 12.9. The van der Waals surface area contributed by atoms with Crippen LogP contribution < -0.4 is 0 Å². The lowest BCUT2D eigenvalue weighted by atomic mass is 10.2. The number of benzene rings is 1. The molecule has 0 saturated heterocycles. The maximum Gasteiger partial charge on any atom is 0.254 e. The van der Waals surface area contributed by atoms with Gasteiger partial charge in [0.1, 0.15) is 5.82 Å². The highest BCUT2D eigenvalue weighted by Gasteiger charge is 2.13. The van der Waals surface area contributed by atoms with E-state index in [1.165, 1.54) is 23.1 Å². The van der Waals surface area contributed by atoms with Crippen molar-refractivity contribution in [1.82, 2.24) is 4.90 Å². The number of halogens is 2. The van der Waals surface area contributed by atoms with Gasteiger partial charge in [-0.25, -0.2) is 4.39 Å². The van der Waals surface area contributed by atoms with Gasteiger partial charge in [0.05, 0.1) is 5.56 Å². The second-order valence-corrected chi connectivity index (χ2v) is 3.80. The number of hydrogen-bond acceptors (Lipinski definition) is 1. The van der Waals surface area contributed by atoms with Crippen LogP contribution >= 0.6 is 15.9 Å². The Morgan fingerprint density at radius 3 is 2.79 bits per heavy atom. The molecule has 0 bridgehead atoms. The largest absolute Gasteiger partial charge is 0.342 e. The van der Waals surface area contributed by atoms with Crippen LogP contribution in [-0.2, 0) is 0 Å². The van der Waals surface area contributed by atoms with E-state index in [-0.39, 0.29) is 5.91 Å². The molecule has 1 rings (SSSR count). The van der Waals surface area contributed by atoms with E-state index in [0.717, 1.165) is 0 Å². The zero-order valence-electron chi connectivity index (χ0n) is 8.05. The fourth-order valence-corrected chi connectivity index (χ4v) is 1.43. The summed E-state index contributed by atoms with van der Waals surface area (Å²) in [5, 5.41) is 0. The maximum atomic E-state index is 12.9. The molecule has 0 aliphatic heterocycles. The van der Waals surface area contributed by atoms with Crippen LogP contribution in [0.2, 0.25) is 0 Å². The second kappa shape index (κ2) is 4.55. The van der Waals surface area contributed by atoms with Gasteiger partial charge in [0.2, 0.25) is 0 Å². The molecular formula is C10H11BrFNO. The molecule has 4 heteroatoms. The van der Waals surface area contributed by atoms with Gasteiger partial charge in [-0.1, -0.05) is 0 Å². The Kier molecular flexibility index (Phi) is 3.63. The Bertz CT molecular complexity index is 354. The van der Waals surface area contributed by atoms with Crippen molar-refractivity contribution in [2.75, 3.05) is 13.6 Å². The summed E-state index contributed by atoms with van der Waals surface area (Å²) in [7, 11) is 1.68. The summed E-state index contributed by atoms with van der Waals surface area (Å²) in [5.74, 6) is -0.583. The predicted molar refractivity (Wildman–Crippen MR) is 56.7 cm³/mol. The van der Waals surface area contributed by atoms with Crippen LogP contribution in [0.25, 0.3) is 0 Å². The molecule has 0 fully saturated rings. The third-order valence-corrected chi connectivity index (χ3v) is 2.67. The van der Waals surface area contributed by atoms with Gasteiger partial charge < -0.3 is 4.90 Å². The Labute approximate surface area is 90.8 Å². The van der Waals surface area contributed by atoms with E-state index in [0.29, 0.717) is 16.6 Å². The Morgan fingerprint density at radius 2 is 2.21 bits per heavy atom. The highest BCUT2D eigenvalue weighted by atomic mass is 79.9. The lowest BCUT2D eigenvalue weighted by Gasteiger charge is -2.15. The molecule has 0 aromatic heterocycles. The van der Waals surface area contributed by atoms with Gasteiger partial charge in [-0.15, -0.1) is 0 Å². The fourth-order valence-electron chi connectivity index (χ4n) is 1.01. The number of nitrogens with zero attached hydrogens (tertiary/aromatic N) is 1. The monoisotopic (exact) mass is 259 g/mol. The van der Waals surface area contributed by atoms with Gasteiger partial charge in [-0.05, 0) is 41.1 Å². The van der Waals surface area contributed by atoms with E-state index >= 15 is 0 Å². The first kappa shape index (κ1) is 11.2. The van der Waals surface area contributed by atoms with Crippen molar-refractivity contribution in [3.05, 3.63) is 34.1 Å². The van der Waals surface area contributed by atoms with Gasteiger partial charge >= 0.3 is 0 Å². The molecule has 1 aromatic carbocycles. The van der Waals surface area contributed by atoms with Crippen LogP contribution in [0.5, 0.6) is 0 Å². The molecule has 0 aliphatic rings. The van der Waals surface area contributed by atoms with Crippen LogP contribution in [-0.4, -0.2) is 24.4 Å². The lowest BCUT2D eigenvalue weighted by Crippen LogP contribution is -2.26. The van der Waals surface area contributed by atoms with Crippen LogP contribution in [0.15, 0.2) is 22.7 Å². The topological polar surface area (TPSA) is 20.3 Å². The van der Waals surface area contributed by atoms with E-state index in [1.54, 1.807) is 7.05 Å². The zero-order chi connectivity index (χ0) is 10.7. The van der Waals surface area contributed by atoms with Crippen LogP contribution in [0.3, 0.4) is 0 Å². The standard InChI is InChI=1S/C10H11BrFNO/c1-3-13(2)10(14)8-6-7(12)4-5-9(8)11/h4-6H,3H2,1-2H3. The van der Waals surface area contributed by atoms with Gasteiger partial charge in [0, 0.05) is 18.1 Å². The molecular weight excluding hydrogens is 249 g/mol. The summed E-state index contributed by atoms with van der Waals surface area (Å²) in [6, 6.07) is 4.08. The average Bonchev–Trinajstić information content (AvgIpc) is 2.19. The first-order valence-electron chi connectivity index (χ1n) is 4.26.